The van der Waals surface area contributed by atoms with Crippen LogP contribution in [0.2, 0.25) is 0 Å². The zero-order valence-corrected chi connectivity index (χ0v) is 22.5. The van der Waals surface area contributed by atoms with Crippen LogP contribution in [0.25, 0.3) is 0 Å². The monoisotopic (exact) mass is 530 g/mol. The topological polar surface area (TPSA) is 99.0 Å². The van der Waals surface area contributed by atoms with E-state index in [1.807, 2.05) is 25.1 Å². The number of ketones is 2. The molecule has 2 aliphatic carbocycles. The van der Waals surface area contributed by atoms with E-state index in [4.69, 9.17) is 9.47 Å². The Kier molecular flexibility index (Phi) is 7.82. The smallest absolute Gasteiger partial charge is 0.269 e. The van der Waals surface area contributed by atoms with Crippen molar-refractivity contribution in [2.75, 3.05) is 13.2 Å². The van der Waals surface area contributed by atoms with Crippen molar-refractivity contribution in [3.8, 4) is 11.5 Å². The molecule has 204 valence electrons. The van der Waals surface area contributed by atoms with Gasteiger partial charge in [-0.15, -0.1) is 0 Å². The third-order valence-electron chi connectivity index (χ3n) is 7.68. The minimum absolute atomic E-state index is 0.0277. The number of rotatable bonds is 9. The van der Waals surface area contributed by atoms with Gasteiger partial charge in [0.1, 0.15) is 6.61 Å². The number of non-ortho nitro benzene ring substituents is 1. The molecule has 0 radical (unpaired) electrons. The van der Waals surface area contributed by atoms with Crippen molar-refractivity contribution in [2.24, 2.45) is 0 Å². The molecular weight excluding hydrogens is 496 g/mol. The van der Waals surface area contributed by atoms with E-state index in [1.165, 1.54) is 12.1 Å². The molecule has 0 saturated carbocycles. The molecule has 0 spiro atoms. The highest BCUT2D eigenvalue weighted by atomic mass is 16.6. The number of nitro groups is 1. The summed E-state index contributed by atoms with van der Waals surface area (Å²) < 4.78 is 12.0. The van der Waals surface area contributed by atoms with Crippen molar-refractivity contribution in [2.45, 2.75) is 71.3 Å². The Labute approximate surface area is 228 Å². The Morgan fingerprint density at radius 1 is 0.872 bits per heavy atom. The molecule has 5 rings (SSSR count). The first kappa shape index (κ1) is 26.7. The average molecular weight is 531 g/mol. The Bertz CT molecular complexity index is 1310. The zero-order chi connectivity index (χ0) is 27.5. The summed E-state index contributed by atoms with van der Waals surface area (Å²) in [5.74, 6) is 0.943. The molecule has 0 aromatic heterocycles. The van der Waals surface area contributed by atoms with Gasteiger partial charge in [-0.25, -0.2) is 0 Å². The molecule has 0 unspecified atom stereocenters. The molecule has 8 nitrogen and oxygen atoms in total. The van der Waals surface area contributed by atoms with Crippen LogP contribution in [0.15, 0.2) is 65.0 Å². The quantitative estimate of drug-likeness (QED) is 0.273. The van der Waals surface area contributed by atoms with Crippen LogP contribution in [0.5, 0.6) is 11.5 Å². The second-order valence-electron chi connectivity index (χ2n) is 10.2. The van der Waals surface area contributed by atoms with E-state index in [0.717, 1.165) is 72.3 Å². The maximum Gasteiger partial charge on any atom is 0.269 e. The van der Waals surface area contributed by atoms with Gasteiger partial charge in [0, 0.05) is 60.0 Å². The van der Waals surface area contributed by atoms with Crippen LogP contribution < -0.4 is 9.47 Å². The number of Topliss-reactive ketones (excluding diaryl/α,β-unsaturated/α-hetero) is 2. The summed E-state index contributed by atoms with van der Waals surface area (Å²) in [7, 11) is 0. The molecule has 3 aliphatic rings. The van der Waals surface area contributed by atoms with Crippen molar-refractivity contribution in [1.82, 2.24) is 4.90 Å². The number of nitrogens with zero attached hydrogens (tertiary/aromatic N) is 2. The molecule has 0 amide bonds. The van der Waals surface area contributed by atoms with Gasteiger partial charge in [0.05, 0.1) is 11.5 Å². The first-order chi connectivity index (χ1) is 18.9. The van der Waals surface area contributed by atoms with Gasteiger partial charge in [0.25, 0.3) is 5.69 Å². The van der Waals surface area contributed by atoms with Gasteiger partial charge >= 0.3 is 0 Å². The molecule has 1 aliphatic heterocycles. The lowest BCUT2D eigenvalue weighted by atomic mass is 9.71. The van der Waals surface area contributed by atoms with Crippen molar-refractivity contribution >= 4 is 17.3 Å². The molecule has 0 fully saturated rings. The molecule has 8 heteroatoms. The molecule has 0 N–H and O–H groups in total. The first-order valence-electron chi connectivity index (χ1n) is 13.9. The van der Waals surface area contributed by atoms with Gasteiger partial charge < -0.3 is 14.4 Å². The molecule has 0 atom stereocenters. The number of hydrogen-bond acceptors (Lipinski definition) is 7. The summed E-state index contributed by atoms with van der Waals surface area (Å²) in [4.78, 5) is 39.7. The minimum atomic E-state index is -0.431. The van der Waals surface area contributed by atoms with Gasteiger partial charge in [-0.05, 0) is 74.4 Å². The first-order valence-corrected chi connectivity index (χ1v) is 13.9. The molecule has 0 saturated heterocycles. The molecule has 39 heavy (non-hydrogen) atoms. The summed E-state index contributed by atoms with van der Waals surface area (Å²) in [5.41, 5.74) is 5.39. The van der Waals surface area contributed by atoms with Crippen molar-refractivity contribution in [1.29, 1.82) is 0 Å². The van der Waals surface area contributed by atoms with Gasteiger partial charge in [-0.3, -0.25) is 19.7 Å². The summed E-state index contributed by atoms with van der Waals surface area (Å²) in [6.07, 6.45) is 5.30. The second-order valence-corrected chi connectivity index (χ2v) is 10.2. The normalized spacial score (nSPS) is 17.7. The lowest BCUT2D eigenvalue weighted by Crippen LogP contribution is -2.39. The van der Waals surface area contributed by atoms with E-state index in [-0.39, 0.29) is 23.9 Å². The molecule has 2 aromatic carbocycles. The minimum Gasteiger partial charge on any atom is -0.490 e. The number of allylic oxidation sites excluding steroid dienone is 4. The van der Waals surface area contributed by atoms with Gasteiger partial charge in [0.15, 0.2) is 23.1 Å². The highest BCUT2D eigenvalue weighted by Crippen LogP contribution is 2.50. The Morgan fingerprint density at radius 2 is 1.51 bits per heavy atom. The van der Waals surface area contributed by atoms with Crippen LogP contribution in [0.4, 0.5) is 5.69 Å². The fraction of sp³-hybridized carbons (Fsp3) is 0.419. The Balaban J connectivity index is 1.52. The van der Waals surface area contributed by atoms with Gasteiger partial charge in [0.2, 0.25) is 0 Å². The van der Waals surface area contributed by atoms with Gasteiger partial charge in [-0.2, -0.15) is 0 Å². The number of hydrogen-bond donors (Lipinski definition) is 0. The third kappa shape index (κ3) is 5.20. The van der Waals surface area contributed by atoms with E-state index in [0.29, 0.717) is 30.9 Å². The maximum absolute atomic E-state index is 13.4. The fourth-order valence-electron chi connectivity index (χ4n) is 6.01. The third-order valence-corrected chi connectivity index (χ3v) is 7.68. The molecular formula is C31H34N2O6. The number of ether oxygens (including phenoxy) is 2. The average Bonchev–Trinajstić information content (AvgIpc) is 2.93. The van der Waals surface area contributed by atoms with E-state index in [9.17, 15) is 19.7 Å². The second kappa shape index (κ2) is 11.4. The summed E-state index contributed by atoms with van der Waals surface area (Å²) in [6, 6.07) is 11.9. The highest BCUT2D eigenvalue weighted by molar-refractivity contribution is 6.06. The van der Waals surface area contributed by atoms with E-state index in [2.05, 4.69) is 11.8 Å². The van der Waals surface area contributed by atoms with Crippen LogP contribution in [-0.2, 0) is 16.2 Å². The number of benzene rings is 2. The molecule has 1 heterocycles. The summed E-state index contributed by atoms with van der Waals surface area (Å²) in [5, 5.41) is 10.9. The number of carbonyl (C=O) groups excluding carboxylic acids is 2. The largest absolute Gasteiger partial charge is 0.490 e. The summed E-state index contributed by atoms with van der Waals surface area (Å²) >= 11 is 0. The predicted octanol–water partition coefficient (Wildman–Crippen LogP) is 6.40. The maximum atomic E-state index is 13.4. The summed E-state index contributed by atoms with van der Waals surface area (Å²) in [6.45, 7) is 5.48. The fourth-order valence-corrected chi connectivity index (χ4v) is 6.01. The van der Waals surface area contributed by atoms with Crippen molar-refractivity contribution in [3.05, 3.63) is 86.2 Å². The van der Waals surface area contributed by atoms with E-state index < -0.39 is 10.8 Å². The molecule has 0 bridgehead atoms. The highest BCUT2D eigenvalue weighted by Gasteiger charge is 2.43. The van der Waals surface area contributed by atoms with Crippen LogP contribution in [0.3, 0.4) is 0 Å². The van der Waals surface area contributed by atoms with Crippen LogP contribution in [0.1, 0.15) is 75.8 Å². The Hall–Kier alpha value is -3.94. The van der Waals surface area contributed by atoms with Crippen molar-refractivity contribution in [3.63, 3.8) is 0 Å². The van der Waals surface area contributed by atoms with E-state index >= 15 is 0 Å². The Morgan fingerprint density at radius 3 is 2.08 bits per heavy atom. The number of nitro benzene ring substituents is 1. The lowest BCUT2D eigenvalue weighted by molar-refractivity contribution is -0.384. The SMILES string of the molecule is CCCN1C2=C(C(=O)CCC2)C(c2ccc(OCc3ccc([N+](=O)[O-])cc3)c(OCC)c2)C2=C1CCCC2=O. The van der Waals surface area contributed by atoms with Gasteiger partial charge in [-0.1, -0.05) is 13.0 Å². The predicted molar refractivity (Wildman–Crippen MR) is 147 cm³/mol. The standard InChI is InChI=1S/C31H34N2O6/c1-3-17-32-23-7-5-9-25(34)30(23)29(31-24(32)8-6-10-26(31)35)21-13-16-27(28(18-21)38-4-2)39-19-20-11-14-22(15-12-20)33(36)37/h11-16,18,29H,3-10,17,19H2,1-2H3. The zero-order valence-electron chi connectivity index (χ0n) is 22.5. The molecule has 2 aromatic rings. The van der Waals surface area contributed by atoms with Crippen LogP contribution in [-0.4, -0.2) is 34.5 Å². The van der Waals surface area contributed by atoms with Crippen LogP contribution in [0, 0.1) is 10.1 Å². The van der Waals surface area contributed by atoms with Crippen LogP contribution >= 0.6 is 0 Å². The van der Waals surface area contributed by atoms with E-state index in [1.54, 1.807) is 12.1 Å². The number of carbonyl (C=O) groups is 2. The van der Waals surface area contributed by atoms with Crippen molar-refractivity contribution < 1.29 is 24.0 Å². The lowest BCUT2D eigenvalue weighted by Gasteiger charge is -2.44.